The molecule has 24 heavy (non-hydrogen) atoms. The number of pyridine rings is 1. The fraction of sp³-hybridized carbons (Fsp3) is 0.125. The van der Waals surface area contributed by atoms with E-state index in [2.05, 4.69) is 15.0 Å². The molecule has 7 nitrogen and oxygen atoms in total. The minimum absolute atomic E-state index is 0.0997. The molecular weight excluding hydrogens is 334 g/mol. The molecule has 1 aromatic heterocycles. The number of rotatable bonds is 5. The van der Waals surface area contributed by atoms with Gasteiger partial charge in [0.05, 0.1) is 23.3 Å². The summed E-state index contributed by atoms with van der Waals surface area (Å²) >= 11 is 5.89. The number of esters is 1. The lowest BCUT2D eigenvalue weighted by Crippen LogP contribution is -2.21. The Morgan fingerprint density at radius 2 is 2.17 bits per heavy atom. The monoisotopic (exact) mass is 345 g/mol. The minimum Gasteiger partial charge on any atom is -0.482 e. The first-order chi connectivity index (χ1) is 11.5. The number of amides is 1. The van der Waals surface area contributed by atoms with Crippen molar-refractivity contribution in [1.29, 1.82) is 5.26 Å². The van der Waals surface area contributed by atoms with Gasteiger partial charge in [0.25, 0.3) is 5.91 Å². The van der Waals surface area contributed by atoms with Crippen LogP contribution in [0.1, 0.15) is 15.9 Å². The highest BCUT2D eigenvalue weighted by Crippen LogP contribution is 2.21. The molecule has 0 saturated heterocycles. The average molecular weight is 346 g/mol. The highest BCUT2D eigenvalue weighted by atomic mass is 35.5. The third kappa shape index (κ3) is 4.21. The fourth-order valence-electron chi connectivity index (χ4n) is 1.77. The van der Waals surface area contributed by atoms with Crippen molar-refractivity contribution in [2.24, 2.45) is 0 Å². The zero-order valence-electron chi connectivity index (χ0n) is 12.6. The van der Waals surface area contributed by atoms with Gasteiger partial charge in [0, 0.05) is 6.20 Å². The van der Waals surface area contributed by atoms with E-state index < -0.39 is 11.9 Å². The van der Waals surface area contributed by atoms with Crippen molar-refractivity contribution in [1.82, 2.24) is 4.98 Å². The molecule has 2 rings (SSSR count). The van der Waals surface area contributed by atoms with E-state index in [1.165, 1.54) is 31.5 Å². The van der Waals surface area contributed by atoms with E-state index >= 15 is 0 Å². The average Bonchev–Trinajstić information content (AvgIpc) is 2.61. The van der Waals surface area contributed by atoms with Gasteiger partial charge >= 0.3 is 5.97 Å². The molecule has 0 aliphatic rings. The van der Waals surface area contributed by atoms with Gasteiger partial charge in [0.15, 0.2) is 12.4 Å². The molecule has 0 unspecified atom stereocenters. The molecule has 0 atom stereocenters. The molecule has 0 fully saturated rings. The van der Waals surface area contributed by atoms with Crippen LogP contribution in [0.5, 0.6) is 5.75 Å². The quantitative estimate of drug-likeness (QED) is 0.835. The predicted octanol–water partition coefficient (Wildman–Crippen LogP) is 2.41. The van der Waals surface area contributed by atoms with Crippen LogP contribution in [0, 0.1) is 11.3 Å². The number of nitriles is 1. The molecule has 0 saturated carbocycles. The molecular formula is C16H12ClN3O4. The predicted molar refractivity (Wildman–Crippen MR) is 85.9 cm³/mol. The Bertz CT molecular complexity index is 817. The molecule has 0 aliphatic carbocycles. The lowest BCUT2D eigenvalue weighted by atomic mass is 10.1. The Morgan fingerprint density at radius 1 is 1.38 bits per heavy atom. The second-order valence-corrected chi connectivity index (χ2v) is 4.89. The first kappa shape index (κ1) is 17.2. The van der Waals surface area contributed by atoms with Gasteiger partial charge in [-0.15, -0.1) is 0 Å². The topological polar surface area (TPSA) is 101 Å². The van der Waals surface area contributed by atoms with Crippen molar-refractivity contribution >= 4 is 29.3 Å². The van der Waals surface area contributed by atoms with Crippen LogP contribution in [-0.2, 0) is 9.53 Å². The van der Waals surface area contributed by atoms with E-state index in [4.69, 9.17) is 21.6 Å². The molecule has 1 N–H and O–H groups in total. The first-order valence-corrected chi connectivity index (χ1v) is 7.08. The summed E-state index contributed by atoms with van der Waals surface area (Å²) in [4.78, 5) is 27.3. The maximum Gasteiger partial charge on any atom is 0.337 e. The standard InChI is InChI=1S/C16H12ClN3O4/c1-23-16(22)10-4-5-11(8-18)13(7-10)24-9-14(21)20-15-12(17)3-2-6-19-15/h2-7H,9H2,1H3,(H,19,20,21). The van der Waals surface area contributed by atoms with Crippen molar-refractivity contribution in [3.8, 4) is 11.8 Å². The molecule has 122 valence electrons. The maximum absolute atomic E-state index is 11.9. The smallest absolute Gasteiger partial charge is 0.337 e. The van der Waals surface area contributed by atoms with Crippen LogP contribution in [0.3, 0.4) is 0 Å². The summed E-state index contributed by atoms with van der Waals surface area (Å²) in [6.45, 7) is -0.383. The molecule has 0 bridgehead atoms. The number of halogens is 1. The Labute approximate surface area is 142 Å². The number of methoxy groups -OCH3 is 1. The van der Waals surface area contributed by atoms with E-state index in [9.17, 15) is 9.59 Å². The molecule has 8 heteroatoms. The number of nitrogens with zero attached hydrogens (tertiary/aromatic N) is 2. The van der Waals surface area contributed by atoms with Gasteiger partial charge in [-0.05, 0) is 30.3 Å². The lowest BCUT2D eigenvalue weighted by Gasteiger charge is -2.10. The maximum atomic E-state index is 11.9. The van der Waals surface area contributed by atoms with Crippen molar-refractivity contribution < 1.29 is 19.1 Å². The first-order valence-electron chi connectivity index (χ1n) is 6.70. The summed E-state index contributed by atoms with van der Waals surface area (Å²) in [5, 5.41) is 11.8. The molecule has 2 aromatic rings. The SMILES string of the molecule is COC(=O)c1ccc(C#N)c(OCC(=O)Nc2ncccc2Cl)c1. The number of aromatic nitrogens is 1. The van der Waals surface area contributed by atoms with Crippen LogP contribution in [0.4, 0.5) is 5.82 Å². The van der Waals surface area contributed by atoms with Crippen molar-refractivity contribution in [3.63, 3.8) is 0 Å². The molecule has 1 aromatic carbocycles. The van der Waals surface area contributed by atoms with Crippen molar-refractivity contribution in [3.05, 3.63) is 52.7 Å². The van der Waals surface area contributed by atoms with E-state index in [-0.39, 0.29) is 34.3 Å². The van der Waals surface area contributed by atoms with Gasteiger partial charge in [0.2, 0.25) is 0 Å². The highest BCUT2D eigenvalue weighted by Gasteiger charge is 2.13. The van der Waals surface area contributed by atoms with E-state index in [1.54, 1.807) is 12.1 Å². The number of hydrogen-bond acceptors (Lipinski definition) is 6. The molecule has 1 amide bonds. The van der Waals surface area contributed by atoms with Gasteiger partial charge in [0.1, 0.15) is 11.8 Å². The third-order valence-electron chi connectivity index (χ3n) is 2.90. The van der Waals surface area contributed by atoms with Crippen LogP contribution in [-0.4, -0.2) is 30.6 Å². The van der Waals surface area contributed by atoms with E-state index in [0.29, 0.717) is 0 Å². The summed E-state index contributed by atoms with van der Waals surface area (Å²) in [7, 11) is 1.24. The van der Waals surface area contributed by atoms with Gasteiger partial charge in [-0.1, -0.05) is 11.6 Å². The largest absolute Gasteiger partial charge is 0.482 e. The van der Waals surface area contributed by atoms with E-state index in [0.717, 1.165) is 0 Å². The Kier molecular flexibility index (Phi) is 5.71. The molecule has 0 radical (unpaired) electrons. The molecule has 1 heterocycles. The van der Waals surface area contributed by atoms with Gasteiger partial charge < -0.3 is 14.8 Å². The zero-order chi connectivity index (χ0) is 17.5. The van der Waals surface area contributed by atoms with Crippen LogP contribution in [0.2, 0.25) is 5.02 Å². The van der Waals surface area contributed by atoms with Crippen LogP contribution in [0.25, 0.3) is 0 Å². The number of nitrogens with one attached hydrogen (secondary N) is 1. The van der Waals surface area contributed by atoms with Crippen LogP contribution >= 0.6 is 11.6 Å². The van der Waals surface area contributed by atoms with E-state index in [1.807, 2.05) is 6.07 Å². The van der Waals surface area contributed by atoms with Crippen molar-refractivity contribution in [2.75, 3.05) is 19.0 Å². The van der Waals surface area contributed by atoms with Gasteiger partial charge in [-0.25, -0.2) is 9.78 Å². The number of carbonyl (C=O) groups is 2. The number of ether oxygens (including phenoxy) is 2. The summed E-state index contributed by atoms with van der Waals surface area (Å²) in [6.07, 6.45) is 1.48. The van der Waals surface area contributed by atoms with Crippen molar-refractivity contribution in [2.45, 2.75) is 0 Å². The summed E-state index contributed by atoms with van der Waals surface area (Å²) in [5.41, 5.74) is 0.394. The Hall–Kier alpha value is -3.11. The third-order valence-corrected chi connectivity index (χ3v) is 3.20. The number of hydrogen-bond donors (Lipinski definition) is 1. The summed E-state index contributed by atoms with van der Waals surface area (Å²) < 4.78 is 9.93. The second kappa shape index (κ2) is 7.94. The summed E-state index contributed by atoms with van der Waals surface area (Å²) in [5.74, 6) is -0.781. The number of benzene rings is 1. The van der Waals surface area contributed by atoms with Crippen LogP contribution < -0.4 is 10.1 Å². The molecule has 0 aliphatic heterocycles. The minimum atomic E-state index is -0.575. The van der Waals surface area contributed by atoms with Crippen LogP contribution in [0.15, 0.2) is 36.5 Å². The number of carbonyl (C=O) groups excluding carboxylic acids is 2. The summed E-state index contributed by atoms with van der Waals surface area (Å²) in [6, 6.07) is 9.32. The fourth-order valence-corrected chi connectivity index (χ4v) is 1.94. The molecule has 0 spiro atoms. The second-order valence-electron chi connectivity index (χ2n) is 4.49. The normalized spacial score (nSPS) is 9.71. The Morgan fingerprint density at radius 3 is 2.83 bits per heavy atom. The highest BCUT2D eigenvalue weighted by molar-refractivity contribution is 6.33. The number of anilines is 1. The van der Waals surface area contributed by atoms with Gasteiger partial charge in [-0.3, -0.25) is 4.79 Å². The van der Waals surface area contributed by atoms with Gasteiger partial charge in [-0.2, -0.15) is 5.26 Å². The lowest BCUT2D eigenvalue weighted by molar-refractivity contribution is -0.118. The zero-order valence-corrected chi connectivity index (χ0v) is 13.3. The Balaban J connectivity index is 2.08.